The second-order valence-electron chi connectivity index (χ2n) is 7.65. The number of nitrogens with zero attached hydrogens (tertiary/aromatic N) is 3. The lowest BCUT2D eigenvalue weighted by molar-refractivity contribution is -0.123. The Bertz CT molecular complexity index is 971. The normalized spacial score (nSPS) is 10.8. The average Bonchev–Trinajstić information content (AvgIpc) is 2.96. The molecular weight excluding hydrogens is 394 g/mol. The summed E-state index contributed by atoms with van der Waals surface area (Å²) in [5, 5.41) is 15.4. The van der Waals surface area contributed by atoms with Gasteiger partial charge in [0.1, 0.15) is 17.6 Å². The van der Waals surface area contributed by atoms with E-state index in [1.54, 1.807) is 12.0 Å². The van der Waals surface area contributed by atoms with Gasteiger partial charge in [-0.2, -0.15) is 5.26 Å². The van der Waals surface area contributed by atoms with Crippen LogP contribution in [0.15, 0.2) is 24.3 Å². The maximum atomic E-state index is 12.8. The molecule has 0 aliphatic carbocycles. The summed E-state index contributed by atoms with van der Waals surface area (Å²) in [4.78, 5) is 26.6. The minimum atomic E-state index is -0.289. The molecular formula is C23H31N5O3. The Labute approximate surface area is 183 Å². The van der Waals surface area contributed by atoms with Gasteiger partial charge in [0.05, 0.1) is 25.8 Å². The smallest absolute Gasteiger partial charge is 0.239 e. The third kappa shape index (κ3) is 5.86. The van der Waals surface area contributed by atoms with Crippen LogP contribution in [0.1, 0.15) is 37.6 Å². The van der Waals surface area contributed by atoms with E-state index in [-0.39, 0.29) is 30.9 Å². The Morgan fingerprint density at radius 3 is 2.29 bits per heavy atom. The molecule has 2 N–H and O–H groups in total. The van der Waals surface area contributed by atoms with E-state index in [1.165, 1.54) is 0 Å². The van der Waals surface area contributed by atoms with Gasteiger partial charge in [-0.15, -0.1) is 0 Å². The number of ether oxygens (including phenoxy) is 1. The fourth-order valence-electron chi connectivity index (χ4n) is 3.34. The van der Waals surface area contributed by atoms with Crippen molar-refractivity contribution in [2.45, 2.75) is 40.7 Å². The molecule has 2 amide bonds. The van der Waals surface area contributed by atoms with Crippen LogP contribution in [0.25, 0.3) is 5.69 Å². The first-order chi connectivity index (χ1) is 14.7. The molecule has 0 fully saturated rings. The number of hydrogen-bond acceptors (Lipinski definition) is 5. The van der Waals surface area contributed by atoms with Crippen LogP contribution in [-0.2, 0) is 9.59 Å². The molecule has 2 aromatic rings. The standard InChI is InChI=1S/C23H31N5O3/c1-7-27(13-21(29)25-15(2)3)14-22(30)26-23-20(12-24)16(4)17(5)28(23)18-8-10-19(31-6)11-9-18/h8-11,15H,7,13-14H2,1-6H3,(H,25,29)(H,26,30). The topological polar surface area (TPSA) is 99.4 Å². The second kappa shape index (κ2) is 10.6. The Hall–Kier alpha value is -3.31. The molecule has 8 nitrogen and oxygen atoms in total. The van der Waals surface area contributed by atoms with E-state index in [2.05, 4.69) is 16.7 Å². The van der Waals surface area contributed by atoms with Crippen molar-refractivity contribution in [3.8, 4) is 17.5 Å². The molecule has 1 heterocycles. The molecule has 0 atom stereocenters. The van der Waals surface area contributed by atoms with E-state index < -0.39 is 0 Å². The number of rotatable bonds is 9. The number of benzene rings is 1. The molecule has 0 bridgehead atoms. The fourth-order valence-corrected chi connectivity index (χ4v) is 3.34. The second-order valence-corrected chi connectivity index (χ2v) is 7.65. The molecule has 0 radical (unpaired) electrons. The molecule has 166 valence electrons. The van der Waals surface area contributed by atoms with Crippen molar-refractivity contribution in [2.24, 2.45) is 0 Å². The summed E-state index contributed by atoms with van der Waals surface area (Å²) in [5.74, 6) is 0.726. The van der Waals surface area contributed by atoms with Gasteiger partial charge < -0.3 is 15.4 Å². The number of carbonyl (C=O) groups is 2. The van der Waals surface area contributed by atoms with Gasteiger partial charge in [-0.1, -0.05) is 6.92 Å². The summed E-state index contributed by atoms with van der Waals surface area (Å²) in [6.07, 6.45) is 0. The molecule has 0 unspecified atom stereocenters. The van der Waals surface area contributed by atoms with Crippen molar-refractivity contribution in [1.82, 2.24) is 14.8 Å². The first-order valence-corrected chi connectivity index (χ1v) is 10.3. The number of carbonyl (C=O) groups excluding carboxylic acids is 2. The summed E-state index contributed by atoms with van der Waals surface area (Å²) in [6.45, 7) is 10.2. The van der Waals surface area contributed by atoms with Crippen LogP contribution in [0.5, 0.6) is 5.75 Å². The van der Waals surface area contributed by atoms with Gasteiger partial charge in [-0.3, -0.25) is 19.1 Å². The third-order valence-electron chi connectivity index (χ3n) is 5.05. The molecule has 31 heavy (non-hydrogen) atoms. The molecule has 8 heteroatoms. The van der Waals surface area contributed by atoms with Crippen molar-refractivity contribution in [3.63, 3.8) is 0 Å². The molecule has 0 saturated carbocycles. The number of hydrogen-bond donors (Lipinski definition) is 2. The number of nitriles is 1. The minimum absolute atomic E-state index is 0.0388. The number of aromatic nitrogens is 1. The van der Waals surface area contributed by atoms with Crippen LogP contribution < -0.4 is 15.4 Å². The molecule has 0 spiro atoms. The first kappa shape index (κ1) is 24.0. The highest BCUT2D eigenvalue weighted by Crippen LogP contribution is 2.30. The van der Waals surface area contributed by atoms with Gasteiger partial charge in [-0.05, 0) is 64.1 Å². The summed E-state index contributed by atoms with van der Waals surface area (Å²) in [5.41, 5.74) is 2.89. The van der Waals surface area contributed by atoms with Gasteiger partial charge in [0.2, 0.25) is 11.8 Å². The zero-order valence-corrected chi connectivity index (χ0v) is 19.1. The highest BCUT2D eigenvalue weighted by Gasteiger charge is 2.22. The van der Waals surface area contributed by atoms with Crippen molar-refractivity contribution >= 4 is 17.6 Å². The van der Waals surface area contributed by atoms with E-state index in [0.29, 0.717) is 17.9 Å². The molecule has 2 rings (SSSR count). The number of likely N-dealkylation sites (N-methyl/N-ethyl adjacent to an activating group) is 1. The molecule has 1 aromatic carbocycles. The summed E-state index contributed by atoms with van der Waals surface area (Å²) >= 11 is 0. The van der Waals surface area contributed by atoms with Gasteiger partial charge >= 0.3 is 0 Å². The lowest BCUT2D eigenvalue weighted by atomic mass is 10.2. The lowest BCUT2D eigenvalue weighted by Gasteiger charge is -2.21. The highest BCUT2D eigenvalue weighted by atomic mass is 16.5. The van der Waals surface area contributed by atoms with Crippen LogP contribution in [0, 0.1) is 25.2 Å². The van der Waals surface area contributed by atoms with Crippen LogP contribution in [-0.4, -0.2) is 54.1 Å². The third-order valence-corrected chi connectivity index (χ3v) is 5.05. The largest absolute Gasteiger partial charge is 0.497 e. The van der Waals surface area contributed by atoms with Crippen LogP contribution in [0.2, 0.25) is 0 Å². The number of nitrogens with one attached hydrogen (secondary N) is 2. The van der Waals surface area contributed by atoms with Gasteiger partial charge in [0, 0.05) is 17.4 Å². The monoisotopic (exact) mass is 425 g/mol. The van der Waals surface area contributed by atoms with Crippen molar-refractivity contribution < 1.29 is 14.3 Å². The van der Waals surface area contributed by atoms with Gasteiger partial charge in [0.25, 0.3) is 0 Å². The van der Waals surface area contributed by atoms with Crippen molar-refractivity contribution in [3.05, 3.63) is 41.1 Å². The lowest BCUT2D eigenvalue weighted by Crippen LogP contribution is -2.43. The molecule has 0 aliphatic heterocycles. The quantitative estimate of drug-likeness (QED) is 0.644. The first-order valence-electron chi connectivity index (χ1n) is 10.3. The Morgan fingerprint density at radius 1 is 1.16 bits per heavy atom. The van der Waals surface area contributed by atoms with E-state index in [4.69, 9.17) is 4.74 Å². The predicted octanol–water partition coefficient (Wildman–Crippen LogP) is 2.76. The summed E-state index contributed by atoms with van der Waals surface area (Å²) < 4.78 is 7.08. The average molecular weight is 426 g/mol. The Balaban J connectivity index is 2.28. The summed E-state index contributed by atoms with van der Waals surface area (Å²) in [7, 11) is 1.60. The molecule has 0 saturated heterocycles. The molecule has 0 aliphatic rings. The zero-order chi connectivity index (χ0) is 23.1. The van der Waals surface area contributed by atoms with Crippen molar-refractivity contribution in [2.75, 3.05) is 32.1 Å². The summed E-state index contributed by atoms with van der Waals surface area (Å²) in [6, 6.07) is 9.64. The van der Waals surface area contributed by atoms with Crippen LogP contribution in [0.3, 0.4) is 0 Å². The van der Waals surface area contributed by atoms with Gasteiger partial charge in [-0.25, -0.2) is 0 Å². The van der Waals surface area contributed by atoms with E-state index >= 15 is 0 Å². The van der Waals surface area contributed by atoms with E-state index in [0.717, 1.165) is 22.7 Å². The number of anilines is 1. The maximum absolute atomic E-state index is 12.8. The predicted molar refractivity (Wildman–Crippen MR) is 121 cm³/mol. The zero-order valence-electron chi connectivity index (χ0n) is 19.1. The number of methoxy groups -OCH3 is 1. The Kier molecular flexibility index (Phi) is 8.22. The highest BCUT2D eigenvalue weighted by molar-refractivity contribution is 5.94. The minimum Gasteiger partial charge on any atom is -0.497 e. The van der Waals surface area contributed by atoms with E-state index in [1.807, 2.05) is 63.5 Å². The number of amides is 2. The maximum Gasteiger partial charge on any atom is 0.239 e. The van der Waals surface area contributed by atoms with E-state index in [9.17, 15) is 14.9 Å². The van der Waals surface area contributed by atoms with Crippen molar-refractivity contribution in [1.29, 1.82) is 5.26 Å². The Morgan fingerprint density at radius 2 is 1.77 bits per heavy atom. The van der Waals surface area contributed by atoms with Crippen LogP contribution >= 0.6 is 0 Å². The molecule has 1 aromatic heterocycles. The fraction of sp³-hybridized carbons (Fsp3) is 0.435. The van der Waals surface area contributed by atoms with Crippen LogP contribution in [0.4, 0.5) is 5.82 Å². The SMILES string of the molecule is CCN(CC(=O)Nc1c(C#N)c(C)c(C)n1-c1ccc(OC)cc1)CC(=O)NC(C)C. The van der Waals surface area contributed by atoms with Gasteiger partial charge in [0.15, 0.2) is 0 Å².